The molecule has 1 N–H and O–H groups in total. The van der Waals surface area contributed by atoms with Crippen LogP contribution in [0.25, 0.3) is 10.8 Å². The third-order valence-corrected chi connectivity index (χ3v) is 5.77. The second-order valence-electron chi connectivity index (χ2n) is 7.74. The Labute approximate surface area is 179 Å². The van der Waals surface area contributed by atoms with E-state index < -0.39 is 0 Å². The molecule has 0 amide bonds. The Bertz CT molecular complexity index is 1500. The summed E-state index contributed by atoms with van der Waals surface area (Å²) in [6, 6.07) is 24.5. The van der Waals surface area contributed by atoms with Gasteiger partial charge in [-0.05, 0) is 13.8 Å². The van der Waals surface area contributed by atoms with Crippen molar-refractivity contribution in [3.05, 3.63) is 101 Å². The SMILES string of the molecule is CC1=NC(=NC2=N/C(=N\c3[nH]c(C)c4ccccc34)c3ccccc32)c2ccccc21. The lowest BCUT2D eigenvalue weighted by molar-refractivity contribution is 1.25. The van der Waals surface area contributed by atoms with E-state index in [1.165, 1.54) is 5.39 Å². The summed E-state index contributed by atoms with van der Waals surface area (Å²) in [5.74, 6) is 2.82. The highest BCUT2D eigenvalue weighted by molar-refractivity contribution is 6.29. The second kappa shape index (κ2) is 6.71. The topological polar surface area (TPSA) is 65.2 Å². The quantitative estimate of drug-likeness (QED) is 0.432. The number of fused-ring (bicyclic) bond motifs is 3. The number of rotatable bonds is 1. The van der Waals surface area contributed by atoms with Gasteiger partial charge in [0.05, 0.1) is 0 Å². The number of nitrogens with one attached hydrogen (secondary N) is 1. The zero-order valence-electron chi connectivity index (χ0n) is 17.2. The maximum atomic E-state index is 4.90. The number of H-pyrrole nitrogens is 1. The summed E-state index contributed by atoms with van der Waals surface area (Å²) < 4.78 is 0. The highest BCUT2D eigenvalue weighted by Crippen LogP contribution is 2.31. The Balaban J connectivity index is 1.51. The molecule has 31 heavy (non-hydrogen) atoms. The van der Waals surface area contributed by atoms with E-state index in [1.54, 1.807) is 0 Å². The van der Waals surface area contributed by atoms with E-state index in [4.69, 9.17) is 15.0 Å². The van der Waals surface area contributed by atoms with Crippen LogP contribution in [0.4, 0.5) is 5.82 Å². The lowest BCUT2D eigenvalue weighted by Gasteiger charge is -2.00. The van der Waals surface area contributed by atoms with Crippen LogP contribution >= 0.6 is 0 Å². The van der Waals surface area contributed by atoms with Gasteiger partial charge in [-0.1, -0.05) is 72.8 Å². The molecule has 2 aliphatic rings. The number of aliphatic imine (C=N–C) groups is 4. The Morgan fingerprint density at radius 3 is 1.97 bits per heavy atom. The van der Waals surface area contributed by atoms with E-state index in [0.29, 0.717) is 17.5 Å². The summed E-state index contributed by atoms with van der Waals surface area (Å²) in [5.41, 5.74) is 6.18. The van der Waals surface area contributed by atoms with Crippen LogP contribution in [-0.4, -0.2) is 28.2 Å². The van der Waals surface area contributed by atoms with Crippen LogP contribution in [-0.2, 0) is 0 Å². The van der Waals surface area contributed by atoms with Gasteiger partial charge in [0.1, 0.15) is 5.82 Å². The van der Waals surface area contributed by atoms with Gasteiger partial charge in [-0.2, -0.15) is 0 Å². The zero-order chi connectivity index (χ0) is 20.9. The summed E-state index contributed by atoms with van der Waals surface area (Å²) >= 11 is 0. The molecule has 0 saturated carbocycles. The van der Waals surface area contributed by atoms with E-state index in [-0.39, 0.29) is 0 Å². The molecule has 0 spiro atoms. The molecule has 2 aliphatic heterocycles. The molecule has 0 bridgehead atoms. The highest BCUT2D eigenvalue weighted by atomic mass is 15.1. The van der Waals surface area contributed by atoms with Crippen LogP contribution in [0.5, 0.6) is 0 Å². The summed E-state index contributed by atoms with van der Waals surface area (Å²) in [6.45, 7) is 4.07. The summed E-state index contributed by atoms with van der Waals surface area (Å²) in [4.78, 5) is 22.7. The number of hydrogen-bond acceptors (Lipinski definition) is 2. The lowest BCUT2D eigenvalue weighted by atomic mass is 10.1. The van der Waals surface area contributed by atoms with E-state index in [0.717, 1.165) is 44.9 Å². The van der Waals surface area contributed by atoms with Gasteiger partial charge in [0.15, 0.2) is 17.5 Å². The average molecular weight is 401 g/mol. The van der Waals surface area contributed by atoms with Crippen LogP contribution in [0.3, 0.4) is 0 Å². The van der Waals surface area contributed by atoms with Crippen molar-refractivity contribution in [3.8, 4) is 0 Å². The van der Waals surface area contributed by atoms with Crippen LogP contribution in [0.1, 0.15) is 34.9 Å². The molecule has 4 aromatic rings. The largest absolute Gasteiger partial charge is 0.343 e. The molecule has 5 heteroatoms. The lowest BCUT2D eigenvalue weighted by Crippen LogP contribution is -2.01. The number of benzene rings is 3. The Morgan fingerprint density at radius 2 is 1.19 bits per heavy atom. The van der Waals surface area contributed by atoms with Crippen LogP contribution in [0.2, 0.25) is 0 Å². The molecule has 148 valence electrons. The predicted octanol–water partition coefficient (Wildman–Crippen LogP) is 5.58. The van der Waals surface area contributed by atoms with Gasteiger partial charge >= 0.3 is 0 Å². The normalized spacial score (nSPS) is 17.2. The highest BCUT2D eigenvalue weighted by Gasteiger charge is 2.24. The van der Waals surface area contributed by atoms with Crippen LogP contribution in [0, 0.1) is 6.92 Å². The van der Waals surface area contributed by atoms with Crippen molar-refractivity contribution in [1.82, 2.24) is 4.98 Å². The molecule has 3 aromatic carbocycles. The average Bonchev–Trinajstić information content (AvgIpc) is 3.42. The molecule has 0 radical (unpaired) electrons. The third-order valence-electron chi connectivity index (χ3n) is 5.77. The molecule has 6 rings (SSSR count). The fraction of sp³-hybridized carbons (Fsp3) is 0.0769. The first-order valence-electron chi connectivity index (χ1n) is 10.3. The molecule has 0 unspecified atom stereocenters. The van der Waals surface area contributed by atoms with E-state index in [1.807, 2.05) is 55.5 Å². The minimum absolute atomic E-state index is 0.644. The van der Waals surface area contributed by atoms with Gasteiger partial charge in [0.25, 0.3) is 0 Å². The van der Waals surface area contributed by atoms with Crippen molar-refractivity contribution in [1.29, 1.82) is 0 Å². The molecule has 3 heterocycles. The number of aryl methyl sites for hydroxylation is 1. The fourth-order valence-corrected chi connectivity index (χ4v) is 4.25. The standard InChI is InChI=1S/C26H19N5/c1-15-17-9-3-5-11-19(17)23(27-15)29-25-21-13-7-8-14-22(21)26(31-25)30-24-20-12-6-4-10-18(20)16(2)28-24/h3-14,27H,1-2H3/b29-25-,30-24?. The van der Waals surface area contributed by atoms with Gasteiger partial charge in [0, 0.05) is 44.4 Å². The van der Waals surface area contributed by atoms with Gasteiger partial charge in [-0.25, -0.2) is 20.0 Å². The fourth-order valence-electron chi connectivity index (χ4n) is 4.25. The Morgan fingerprint density at radius 1 is 0.613 bits per heavy atom. The first-order chi connectivity index (χ1) is 15.2. The predicted molar refractivity (Wildman–Crippen MR) is 127 cm³/mol. The van der Waals surface area contributed by atoms with E-state index >= 15 is 0 Å². The van der Waals surface area contributed by atoms with Crippen LogP contribution < -0.4 is 0 Å². The minimum Gasteiger partial charge on any atom is -0.343 e. The number of aromatic amines is 1. The Hall–Kier alpha value is -4.12. The van der Waals surface area contributed by atoms with Crippen molar-refractivity contribution in [2.24, 2.45) is 20.0 Å². The molecule has 0 atom stereocenters. The smallest absolute Gasteiger partial charge is 0.164 e. The van der Waals surface area contributed by atoms with Crippen molar-refractivity contribution in [2.75, 3.05) is 0 Å². The monoisotopic (exact) mass is 401 g/mol. The van der Waals surface area contributed by atoms with Crippen molar-refractivity contribution < 1.29 is 0 Å². The second-order valence-corrected chi connectivity index (χ2v) is 7.74. The van der Waals surface area contributed by atoms with Gasteiger partial charge in [0.2, 0.25) is 0 Å². The Kier molecular flexibility index (Phi) is 3.83. The maximum absolute atomic E-state index is 4.90. The zero-order valence-corrected chi connectivity index (χ0v) is 17.2. The number of aromatic nitrogens is 1. The summed E-state index contributed by atoms with van der Waals surface area (Å²) in [7, 11) is 0. The number of amidine groups is 3. The molecule has 0 saturated heterocycles. The van der Waals surface area contributed by atoms with Crippen molar-refractivity contribution in [3.63, 3.8) is 0 Å². The molecular formula is C26H19N5. The molecule has 0 fully saturated rings. The number of nitrogens with zero attached hydrogens (tertiary/aromatic N) is 4. The van der Waals surface area contributed by atoms with Crippen molar-refractivity contribution >= 4 is 39.8 Å². The van der Waals surface area contributed by atoms with Gasteiger partial charge in [-0.3, -0.25) is 0 Å². The van der Waals surface area contributed by atoms with E-state index in [2.05, 4.69) is 41.2 Å². The molecule has 5 nitrogen and oxygen atoms in total. The molecule has 1 aromatic heterocycles. The van der Waals surface area contributed by atoms with E-state index in [9.17, 15) is 0 Å². The van der Waals surface area contributed by atoms with Crippen molar-refractivity contribution in [2.45, 2.75) is 13.8 Å². The first-order valence-corrected chi connectivity index (χ1v) is 10.3. The first kappa shape index (κ1) is 17.7. The molecule has 0 aliphatic carbocycles. The molecular weight excluding hydrogens is 382 g/mol. The number of hydrogen-bond donors (Lipinski definition) is 1. The van der Waals surface area contributed by atoms with Gasteiger partial charge < -0.3 is 4.98 Å². The maximum Gasteiger partial charge on any atom is 0.164 e. The van der Waals surface area contributed by atoms with Gasteiger partial charge in [-0.15, -0.1) is 0 Å². The third kappa shape index (κ3) is 2.78. The summed E-state index contributed by atoms with van der Waals surface area (Å²) in [5, 5.41) is 2.26. The minimum atomic E-state index is 0.644. The van der Waals surface area contributed by atoms with Crippen LogP contribution in [0.15, 0.2) is 92.8 Å². The summed E-state index contributed by atoms with van der Waals surface area (Å²) in [6.07, 6.45) is 0.